The summed E-state index contributed by atoms with van der Waals surface area (Å²) >= 11 is 3.51. The summed E-state index contributed by atoms with van der Waals surface area (Å²) in [5, 5.41) is 0. The summed E-state index contributed by atoms with van der Waals surface area (Å²) in [6.07, 6.45) is 6.34. The maximum Gasteiger partial charge on any atom is 0.175 e. The van der Waals surface area contributed by atoms with E-state index in [2.05, 4.69) is 33.1 Å². The molecule has 0 amide bonds. The first-order valence-corrected chi connectivity index (χ1v) is 6.10. The van der Waals surface area contributed by atoms with Gasteiger partial charge in [0.1, 0.15) is 5.60 Å². The van der Waals surface area contributed by atoms with Gasteiger partial charge in [-0.2, -0.15) is 0 Å². The topological polar surface area (TPSA) is 21.6 Å². The van der Waals surface area contributed by atoms with Crippen molar-refractivity contribution in [3.05, 3.63) is 28.2 Å². The lowest BCUT2D eigenvalue weighted by molar-refractivity contribution is 0.0654. The summed E-state index contributed by atoms with van der Waals surface area (Å²) in [7, 11) is 0. The molecule has 2 aliphatic rings. The molecule has 1 saturated carbocycles. The molecule has 15 heavy (non-hydrogen) atoms. The van der Waals surface area contributed by atoms with Crippen LogP contribution in [0.5, 0.6) is 0 Å². The molecule has 78 valence electrons. The van der Waals surface area contributed by atoms with E-state index in [4.69, 9.17) is 4.74 Å². The molecule has 3 heteroatoms. The van der Waals surface area contributed by atoms with Crippen LogP contribution >= 0.6 is 15.9 Å². The van der Waals surface area contributed by atoms with Crippen molar-refractivity contribution in [1.82, 2.24) is 0 Å². The highest BCUT2D eigenvalue weighted by Gasteiger charge is 2.40. The van der Waals surface area contributed by atoms with Crippen molar-refractivity contribution in [3.63, 3.8) is 0 Å². The van der Waals surface area contributed by atoms with Crippen molar-refractivity contribution >= 4 is 28.0 Å². The first-order valence-electron chi connectivity index (χ1n) is 5.31. The Morgan fingerprint density at radius 1 is 1.27 bits per heavy atom. The van der Waals surface area contributed by atoms with Crippen LogP contribution in [0.2, 0.25) is 0 Å². The third-order valence-corrected chi connectivity index (χ3v) is 3.82. The lowest BCUT2D eigenvalue weighted by atomic mass is 9.90. The summed E-state index contributed by atoms with van der Waals surface area (Å²) in [6.45, 7) is 0. The zero-order chi connectivity index (χ0) is 10.3. The van der Waals surface area contributed by atoms with Crippen molar-refractivity contribution in [2.24, 2.45) is 4.99 Å². The maximum absolute atomic E-state index is 5.80. The number of ether oxygens (including phenoxy) is 1. The van der Waals surface area contributed by atoms with Crippen LogP contribution in [-0.4, -0.2) is 6.40 Å². The summed E-state index contributed by atoms with van der Waals surface area (Å²) in [5.74, 6) is 0. The zero-order valence-electron chi connectivity index (χ0n) is 8.37. The van der Waals surface area contributed by atoms with Gasteiger partial charge in [0.2, 0.25) is 0 Å². The molecule has 1 heterocycles. The minimum absolute atomic E-state index is 0.0825. The van der Waals surface area contributed by atoms with Gasteiger partial charge in [-0.1, -0.05) is 15.9 Å². The van der Waals surface area contributed by atoms with Crippen LogP contribution in [-0.2, 0) is 10.3 Å². The highest BCUT2D eigenvalue weighted by molar-refractivity contribution is 9.10. The largest absolute Gasteiger partial charge is 0.472 e. The quantitative estimate of drug-likeness (QED) is 0.697. The van der Waals surface area contributed by atoms with Crippen molar-refractivity contribution in [2.45, 2.75) is 31.3 Å². The Labute approximate surface area is 97.5 Å². The van der Waals surface area contributed by atoms with E-state index >= 15 is 0 Å². The van der Waals surface area contributed by atoms with Gasteiger partial charge in [0.15, 0.2) is 6.40 Å². The molecule has 0 atom stereocenters. The Morgan fingerprint density at radius 3 is 2.87 bits per heavy atom. The van der Waals surface area contributed by atoms with E-state index in [1.165, 1.54) is 18.4 Å². The van der Waals surface area contributed by atoms with Gasteiger partial charge in [0, 0.05) is 10.0 Å². The van der Waals surface area contributed by atoms with Crippen LogP contribution in [0.1, 0.15) is 31.2 Å². The van der Waals surface area contributed by atoms with Crippen LogP contribution in [0.4, 0.5) is 5.69 Å². The average molecular weight is 266 g/mol. The predicted octanol–water partition coefficient (Wildman–Crippen LogP) is 3.91. The number of halogens is 1. The third kappa shape index (κ3) is 1.41. The summed E-state index contributed by atoms with van der Waals surface area (Å²) in [6, 6.07) is 6.24. The smallest absolute Gasteiger partial charge is 0.175 e. The Balaban J connectivity index is 2.16. The van der Waals surface area contributed by atoms with E-state index in [9.17, 15) is 0 Å². The van der Waals surface area contributed by atoms with E-state index in [0.29, 0.717) is 0 Å². The van der Waals surface area contributed by atoms with Crippen molar-refractivity contribution < 1.29 is 4.74 Å². The number of fused-ring (bicyclic) bond motifs is 2. The molecule has 1 aliphatic carbocycles. The molecule has 0 radical (unpaired) electrons. The number of nitrogens with zero attached hydrogens (tertiary/aromatic N) is 1. The fraction of sp³-hybridized carbons (Fsp3) is 0.417. The minimum atomic E-state index is -0.0825. The molecule has 1 aromatic rings. The number of hydrogen-bond donors (Lipinski definition) is 0. The van der Waals surface area contributed by atoms with Gasteiger partial charge >= 0.3 is 0 Å². The van der Waals surface area contributed by atoms with Gasteiger partial charge in [-0.05, 0) is 43.9 Å². The lowest BCUT2D eigenvalue weighted by Crippen LogP contribution is -2.27. The molecular weight excluding hydrogens is 254 g/mol. The number of hydrogen-bond acceptors (Lipinski definition) is 2. The molecular formula is C12H12BrNO. The van der Waals surface area contributed by atoms with Crippen molar-refractivity contribution in [3.8, 4) is 0 Å². The fourth-order valence-corrected chi connectivity index (χ4v) is 2.93. The first-order chi connectivity index (χ1) is 7.30. The van der Waals surface area contributed by atoms with Crippen molar-refractivity contribution in [2.75, 3.05) is 0 Å². The molecule has 1 fully saturated rings. The number of benzene rings is 1. The van der Waals surface area contributed by atoms with E-state index in [0.717, 1.165) is 23.0 Å². The first kappa shape index (κ1) is 9.40. The molecule has 0 unspecified atom stereocenters. The van der Waals surface area contributed by atoms with Crippen LogP contribution in [0.15, 0.2) is 27.7 Å². The highest BCUT2D eigenvalue weighted by Crippen LogP contribution is 2.47. The third-order valence-electron chi connectivity index (χ3n) is 3.33. The van der Waals surface area contributed by atoms with E-state index in [1.54, 1.807) is 6.40 Å². The second kappa shape index (κ2) is 3.34. The molecule has 2 nitrogen and oxygen atoms in total. The maximum atomic E-state index is 5.80. The minimum Gasteiger partial charge on any atom is -0.472 e. The average Bonchev–Trinajstić information content (AvgIpc) is 2.69. The highest BCUT2D eigenvalue weighted by atomic mass is 79.9. The van der Waals surface area contributed by atoms with E-state index in [1.807, 2.05) is 6.07 Å². The fourth-order valence-electron chi connectivity index (χ4n) is 2.57. The Morgan fingerprint density at radius 2 is 2.07 bits per heavy atom. The van der Waals surface area contributed by atoms with Gasteiger partial charge in [0.05, 0.1) is 5.69 Å². The monoisotopic (exact) mass is 265 g/mol. The van der Waals surface area contributed by atoms with Gasteiger partial charge < -0.3 is 4.74 Å². The molecule has 3 rings (SSSR count). The zero-order valence-corrected chi connectivity index (χ0v) is 9.96. The molecule has 1 aromatic carbocycles. The number of aliphatic imine (C=N–C) groups is 1. The van der Waals surface area contributed by atoms with Crippen LogP contribution < -0.4 is 0 Å². The van der Waals surface area contributed by atoms with Crippen LogP contribution in [0, 0.1) is 0 Å². The second-order valence-corrected chi connectivity index (χ2v) is 5.13. The Kier molecular flexibility index (Phi) is 2.09. The van der Waals surface area contributed by atoms with Gasteiger partial charge in [-0.25, -0.2) is 4.99 Å². The van der Waals surface area contributed by atoms with Gasteiger partial charge in [0.25, 0.3) is 0 Å². The van der Waals surface area contributed by atoms with Gasteiger partial charge in [-0.15, -0.1) is 0 Å². The summed E-state index contributed by atoms with van der Waals surface area (Å²) in [4.78, 5) is 4.29. The molecule has 0 aromatic heterocycles. The molecule has 0 saturated heterocycles. The van der Waals surface area contributed by atoms with E-state index < -0.39 is 0 Å². The summed E-state index contributed by atoms with van der Waals surface area (Å²) < 4.78 is 6.90. The van der Waals surface area contributed by atoms with Crippen LogP contribution in [0.3, 0.4) is 0 Å². The SMILES string of the molecule is Brc1ccc2c(c1)C1(CCCC1)OC=N2. The molecule has 1 spiro atoms. The van der Waals surface area contributed by atoms with Crippen LogP contribution in [0.25, 0.3) is 0 Å². The Bertz CT molecular complexity index is 422. The van der Waals surface area contributed by atoms with E-state index in [-0.39, 0.29) is 5.60 Å². The Hall–Kier alpha value is -0.830. The second-order valence-electron chi connectivity index (χ2n) is 4.22. The molecule has 0 N–H and O–H groups in total. The lowest BCUT2D eigenvalue weighted by Gasteiger charge is -2.32. The molecule has 0 bridgehead atoms. The normalized spacial score (nSPS) is 21.4. The standard InChI is InChI=1S/C12H12BrNO/c13-9-3-4-11-10(7-9)12(15-8-14-11)5-1-2-6-12/h3-4,7-8H,1-2,5-6H2. The predicted molar refractivity (Wildman–Crippen MR) is 63.5 cm³/mol. The molecule has 1 aliphatic heterocycles. The number of rotatable bonds is 0. The van der Waals surface area contributed by atoms with Crippen molar-refractivity contribution in [1.29, 1.82) is 0 Å². The summed E-state index contributed by atoms with van der Waals surface area (Å²) in [5.41, 5.74) is 2.23. The van der Waals surface area contributed by atoms with Gasteiger partial charge in [-0.3, -0.25) is 0 Å².